The molecule has 0 N–H and O–H groups in total. The smallest absolute Gasteiger partial charge is 0.357 e. The molecule has 2 rings (SSSR count). The second-order valence-electron chi connectivity index (χ2n) is 2.62. The van der Waals surface area contributed by atoms with E-state index in [-0.39, 0.29) is 0 Å². The van der Waals surface area contributed by atoms with Gasteiger partial charge in [0.05, 0.1) is 13.3 Å². The number of hydrogen-bond acceptors (Lipinski definition) is 6. The molecule has 76 valence electrons. The van der Waals surface area contributed by atoms with Gasteiger partial charge in [-0.05, 0) is 0 Å². The third-order valence-electron chi connectivity index (χ3n) is 1.68. The van der Waals surface area contributed by atoms with Crippen LogP contribution < -0.4 is 0 Å². The van der Waals surface area contributed by atoms with Gasteiger partial charge in [-0.15, -0.1) is 11.3 Å². The van der Waals surface area contributed by atoms with Gasteiger partial charge in [0.2, 0.25) is 0 Å². The summed E-state index contributed by atoms with van der Waals surface area (Å²) in [6, 6.07) is 0. The van der Waals surface area contributed by atoms with Crippen LogP contribution in [0, 0.1) is 0 Å². The number of hydrogen-bond donors (Lipinski definition) is 0. The molecule has 0 aliphatic carbocycles. The second kappa shape index (κ2) is 4.14. The van der Waals surface area contributed by atoms with E-state index in [4.69, 9.17) is 0 Å². The van der Waals surface area contributed by atoms with Crippen LogP contribution in [0.3, 0.4) is 0 Å². The van der Waals surface area contributed by atoms with Crippen LogP contribution in [0.5, 0.6) is 0 Å². The number of ether oxygens (including phenoxy) is 1. The molecule has 0 bridgehead atoms. The fourth-order valence-electron chi connectivity index (χ4n) is 0.999. The molecule has 0 radical (unpaired) electrons. The van der Waals surface area contributed by atoms with E-state index in [9.17, 15) is 4.79 Å². The molecule has 2 aromatic rings. The molecule has 0 aromatic carbocycles. The first kappa shape index (κ1) is 9.72. The van der Waals surface area contributed by atoms with Gasteiger partial charge < -0.3 is 4.74 Å². The molecule has 0 atom stereocenters. The van der Waals surface area contributed by atoms with Crippen molar-refractivity contribution in [3.63, 3.8) is 0 Å². The molecule has 0 aliphatic rings. The van der Waals surface area contributed by atoms with Crippen molar-refractivity contribution >= 4 is 17.3 Å². The molecule has 0 spiro atoms. The monoisotopic (exact) mass is 221 g/mol. The number of esters is 1. The molecule has 2 heterocycles. The highest BCUT2D eigenvalue weighted by Gasteiger charge is 2.12. The van der Waals surface area contributed by atoms with Crippen molar-refractivity contribution in [2.24, 2.45) is 0 Å². The SMILES string of the molecule is COC(=O)c1csc(-c2cnccn2)n1. The lowest BCUT2D eigenvalue weighted by molar-refractivity contribution is 0.0595. The van der Waals surface area contributed by atoms with Gasteiger partial charge >= 0.3 is 5.97 Å². The lowest BCUT2D eigenvalue weighted by Gasteiger charge is -1.93. The van der Waals surface area contributed by atoms with Crippen LogP contribution in [-0.2, 0) is 4.74 Å². The van der Waals surface area contributed by atoms with Gasteiger partial charge in [-0.2, -0.15) is 0 Å². The van der Waals surface area contributed by atoms with Crippen LogP contribution in [0.2, 0.25) is 0 Å². The van der Waals surface area contributed by atoms with Gasteiger partial charge in [0.15, 0.2) is 5.69 Å². The van der Waals surface area contributed by atoms with E-state index in [0.29, 0.717) is 16.4 Å². The largest absolute Gasteiger partial charge is 0.464 e. The Kier molecular flexibility index (Phi) is 2.68. The Balaban J connectivity index is 2.32. The van der Waals surface area contributed by atoms with Gasteiger partial charge in [0, 0.05) is 17.8 Å². The Morgan fingerprint density at radius 2 is 2.33 bits per heavy atom. The van der Waals surface area contributed by atoms with Crippen molar-refractivity contribution in [1.82, 2.24) is 15.0 Å². The minimum absolute atomic E-state index is 0.295. The average molecular weight is 221 g/mol. The van der Waals surface area contributed by atoms with E-state index in [1.807, 2.05) is 0 Å². The fraction of sp³-hybridized carbons (Fsp3) is 0.111. The molecule has 5 nitrogen and oxygen atoms in total. The highest BCUT2D eigenvalue weighted by atomic mass is 32.1. The number of carbonyl (C=O) groups is 1. The molecule has 0 amide bonds. The Morgan fingerprint density at radius 1 is 1.47 bits per heavy atom. The zero-order valence-electron chi connectivity index (χ0n) is 7.88. The fourth-order valence-corrected chi connectivity index (χ4v) is 1.75. The normalized spacial score (nSPS) is 9.93. The van der Waals surface area contributed by atoms with E-state index in [2.05, 4.69) is 19.7 Å². The summed E-state index contributed by atoms with van der Waals surface area (Å²) in [6.07, 6.45) is 4.76. The Bertz CT molecular complexity index is 469. The van der Waals surface area contributed by atoms with Crippen molar-refractivity contribution in [2.75, 3.05) is 7.11 Å². The van der Waals surface area contributed by atoms with Crippen LogP contribution >= 0.6 is 11.3 Å². The standard InChI is InChI=1S/C9H7N3O2S/c1-14-9(13)7-5-15-8(12-7)6-4-10-2-3-11-6/h2-5H,1H3. The van der Waals surface area contributed by atoms with Gasteiger partial charge in [-0.25, -0.2) is 9.78 Å². The number of aromatic nitrogens is 3. The molecule has 0 aliphatic heterocycles. The number of nitrogens with zero attached hydrogens (tertiary/aromatic N) is 3. The maximum atomic E-state index is 11.1. The summed E-state index contributed by atoms with van der Waals surface area (Å²) in [5, 5.41) is 2.29. The minimum atomic E-state index is -0.443. The van der Waals surface area contributed by atoms with Crippen LogP contribution in [0.4, 0.5) is 0 Å². The third-order valence-corrected chi connectivity index (χ3v) is 2.55. The van der Waals surface area contributed by atoms with Crippen molar-refractivity contribution in [3.8, 4) is 10.7 Å². The highest BCUT2D eigenvalue weighted by molar-refractivity contribution is 7.13. The van der Waals surface area contributed by atoms with E-state index in [1.165, 1.54) is 18.4 Å². The zero-order valence-corrected chi connectivity index (χ0v) is 8.69. The minimum Gasteiger partial charge on any atom is -0.464 e. The molecule has 6 heteroatoms. The summed E-state index contributed by atoms with van der Waals surface area (Å²) in [5.41, 5.74) is 0.945. The zero-order chi connectivity index (χ0) is 10.7. The molecule has 0 fully saturated rings. The van der Waals surface area contributed by atoms with Gasteiger partial charge in [-0.1, -0.05) is 0 Å². The second-order valence-corrected chi connectivity index (χ2v) is 3.48. The lowest BCUT2D eigenvalue weighted by atomic mass is 10.4. The van der Waals surface area contributed by atoms with Crippen molar-refractivity contribution < 1.29 is 9.53 Å². The van der Waals surface area contributed by atoms with E-state index in [0.717, 1.165) is 0 Å². The first-order chi connectivity index (χ1) is 7.31. The van der Waals surface area contributed by atoms with E-state index >= 15 is 0 Å². The van der Waals surface area contributed by atoms with Gasteiger partial charge in [0.1, 0.15) is 10.7 Å². The lowest BCUT2D eigenvalue weighted by Crippen LogP contribution is -2.01. The Hall–Kier alpha value is -1.82. The maximum absolute atomic E-state index is 11.1. The molecule has 0 saturated heterocycles. The van der Waals surface area contributed by atoms with Crippen LogP contribution in [-0.4, -0.2) is 28.0 Å². The first-order valence-corrected chi connectivity index (χ1v) is 4.99. The van der Waals surface area contributed by atoms with Crippen molar-refractivity contribution in [2.45, 2.75) is 0 Å². The summed E-state index contributed by atoms with van der Waals surface area (Å²) >= 11 is 1.33. The van der Waals surface area contributed by atoms with Crippen molar-refractivity contribution in [3.05, 3.63) is 29.7 Å². The van der Waals surface area contributed by atoms with Crippen LogP contribution in [0.25, 0.3) is 10.7 Å². The Morgan fingerprint density at radius 3 is 3.00 bits per heavy atom. The molecule has 15 heavy (non-hydrogen) atoms. The summed E-state index contributed by atoms with van der Waals surface area (Å²) in [4.78, 5) is 23.2. The van der Waals surface area contributed by atoms with Gasteiger partial charge in [-0.3, -0.25) is 9.97 Å². The number of thiazole rings is 1. The first-order valence-electron chi connectivity index (χ1n) is 4.11. The summed E-state index contributed by atoms with van der Waals surface area (Å²) in [7, 11) is 1.32. The third kappa shape index (κ3) is 1.99. The average Bonchev–Trinajstić information content (AvgIpc) is 2.78. The summed E-state index contributed by atoms with van der Waals surface area (Å²) < 4.78 is 4.55. The molecule has 0 unspecified atom stereocenters. The molecular weight excluding hydrogens is 214 g/mol. The van der Waals surface area contributed by atoms with E-state index in [1.54, 1.807) is 24.0 Å². The maximum Gasteiger partial charge on any atom is 0.357 e. The number of carbonyl (C=O) groups excluding carboxylic acids is 1. The van der Waals surface area contributed by atoms with E-state index < -0.39 is 5.97 Å². The van der Waals surface area contributed by atoms with Crippen molar-refractivity contribution in [1.29, 1.82) is 0 Å². The Labute approximate surface area is 89.8 Å². The topological polar surface area (TPSA) is 65.0 Å². The van der Waals surface area contributed by atoms with Gasteiger partial charge in [0.25, 0.3) is 0 Å². The molecule has 2 aromatic heterocycles. The number of rotatable bonds is 2. The molecule has 0 saturated carbocycles. The highest BCUT2D eigenvalue weighted by Crippen LogP contribution is 2.20. The number of methoxy groups -OCH3 is 1. The van der Waals surface area contributed by atoms with Crippen LogP contribution in [0.1, 0.15) is 10.5 Å². The predicted molar refractivity (Wildman–Crippen MR) is 54.5 cm³/mol. The summed E-state index contributed by atoms with van der Waals surface area (Å²) in [5.74, 6) is -0.443. The summed E-state index contributed by atoms with van der Waals surface area (Å²) in [6.45, 7) is 0. The molecular formula is C9H7N3O2S. The predicted octanol–water partition coefficient (Wildman–Crippen LogP) is 1.39. The quantitative estimate of drug-likeness (QED) is 0.717. The van der Waals surface area contributed by atoms with Crippen LogP contribution in [0.15, 0.2) is 24.0 Å².